The summed E-state index contributed by atoms with van der Waals surface area (Å²) in [6, 6.07) is 23.4. The smallest absolute Gasteiger partial charge is 0.407 e. The minimum atomic E-state index is -0.430. The molecule has 0 radical (unpaired) electrons. The standard InChI is InChI=1S/C23H20N2O2/c26-23(27-18-20-9-2-1-3-10-20)25-17-6-4-8-19-12-14-21(15-13-19)22-11-5-7-16-24-22/h1-3,5,7,9-16H,6,17-18H2,(H,25,26). The summed E-state index contributed by atoms with van der Waals surface area (Å²) >= 11 is 0. The molecule has 0 unspecified atom stereocenters. The van der Waals surface area contributed by atoms with Gasteiger partial charge in [0.2, 0.25) is 0 Å². The molecule has 3 aromatic rings. The Balaban J connectivity index is 1.39. The van der Waals surface area contributed by atoms with E-state index in [0.717, 1.165) is 22.4 Å². The predicted molar refractivity (Wildman–Crippen MR) is 106 cm³/mol. The van der Waals surface area contributed by atoms with Crippen LogP contribution in [0, 0.1) is 11.8 Å². The topological polar surface area (TPSA) is 51.2 Å². The highest BCUT2D eigenvalue weighted by molar-refractivity contribution is 5.67. The normalized spacial score (nSPS) is 9.78. The molecule has 1 amide bonds. The third-order valence-electron chi connectivity index (χ3n) is 3.81. The van der Waals surface area contributed by atoms with Crippen molar-refractivity contribution in [3.05, 3.63) is 90.1 Å². The first-order valence-electron chi connectivity index (χ1n) is 8.76. The molecule has 1 N–H and O–H groups in total. The molecule has 0 bridgehead atoms. The van der Waals surface area contributed by atoms with Gasteiger partial charge in [0.05, 0.1) is 5.69 Å². The molecule has 134 valence electrons. The maximum atomic E-state index is 11.6. The first-order valence-corrected chi connectivity index (χ1v) is 8.76. The van der Waals surface area contributed by atoms with Crippen molar-refractivity contribution in [1.82, 2.24) is 10.3 Å². The van der Waals surface area contributed by atoms with Gasteiger partial charge in [-0.05, 0) is 29.8 Å². The number of benzene rings is 2. The van der Waals surface area contributed by atoms with Crippen molar-refractivity contribution in [3.63, 3.8) is 0 Å². The number of pyridine rings is 1. The zero-order valence-electron chi connectivity index (χ0n) is 14.9. The molecule has 0 spiro atoms. The summed E-state index contributed by atoms with van der Waals surface area (Å²) < 4.78 is 5.14. The third kappa shape index (κ3) is 6.02. The number of hydrogen-bond acceptors (Lipinski definition) is 3. The number of alkyl carbamates (subject to hydrolysis) is 1. The van der Waals surface area contributed by atoms with E-state index in [2.05, 4.69) is 22.1 Å². The third-order valence-corrected chi connectivity index (χ3v) is 3.81. The van der Waals surface area contributed by atoms with Gasteiger partial charge in [-0.3, -0.25) is 4.98 Å². The lowest BCUT2D eigenvalue weighted by molar-refractivity contribution is 0.140. The van der Waals surface area contributed by atoms with Crippen LogP contribution in [0.1, 0.15) is 17.5 Å². The van der Waals surface area contributed by atoms with Crippen molar-refractivity contribution in [1.29, 1.82) is 0 Å². The number of rotatable bonds is 5. The molecular formula is C23H20N2O2. The van der Waals surface area contributed by atoms with Crippen LogP contribution in [0.3, 0.4) is 0 Å². The van der Waals surface area contributed by atoms with Crippen LogP contribution in [0.2, 0.25) is 0 Å². The molecule has 3 rings (SSSR count). The molecule has 1 aromatic heterocycles. The van der Waals surface area contributed by atoms with Gasteiger partial charge < -0.3 is 10.1 Å². The van der Waals surface area contributed by atoms with E-state index in [-0.39, 0.29) is 6.61 Å². The molecule has 0 fully saturated rings. The summed E-state index contributed by atoms with van der Waals surface area (Å²) in [6.45, 7) is 0.716. The van der Waals surface area contributed by atoms with Crippen LogP contribution in [-0.4, -0.2) is 17.6 Å². The first-order chi connectivity index (χ1) is 13.3. The Kier molecular flexibility index (Phi) is 6.60. The molecule has 0 saturated heterocycles. The minimum absolute atomic E-state index is 0.265. The lowest BCUT2D eigenvalue weighted by Gasteiger charge is -2.05. The van der Waals surface area contributed by atoms with Crippen LogP contribution in [-0.2, 0) is 11.3 Å². The predicted octanol–water partition coefficient (Wildman–Crippen LogP) is 4.42. The molecule has 0 aliphatic heterocycles. The van der Waals surface area contributed by atoms with Gasteiger partial charge in [0, 0.05) is 30.3 Å². The van der Waals surface area contributed by atoms with Gasteiger partial charge in [-0.2, -0.15) is 0 Å². The highest BCUT2D eigenvalue weighted by Crippen LogP contribution is 2.16. The number of amides is 1. The minimum Gasteiger partial charge on any atom is -0.445 e. The highest BCUT2D eigenvalue weighted by atomic mass is 16.5. The van der Waals surface area contributed by atoms with Gasteiger partial charge >= 0.3 is 6.09 Å². The summed E-state index contributed by atoms with van der Waals surface area (Å²) in [5, 5.41) is 2.70. The Morgan fingerprint density at radius 1 is 0.963 bits per heavy atom. The fourth-order valence-electron chi connectivity index (χ4n) is 2.42. The van der Waals surface area contributed by atoms with Crippen LogP contribution in [0.15, 0.2) is 79.0 Å². The SMILES string of the molecule is O=C(NCCC#Cc1ccc(-c2ccccn2)cc1)OCc1ccccc1. The van der Waals surface area contributed by atoms with Crippen molar-refractivity contribution < 1.29 is 9.53 Å². The van der Waals surface area contributed by atoms with Crippen molar-refractivity contribution in [2.24, 2.45) is 0 Å². The Bertz CT molecular complexity index is 911. The monoisotopic (exact) mass is 356 g/mol. The Morgan fingerprint density at radius 3 is 2.48 bits per heavy atom. The largest absolute Gasteiger partial charge is 0.445 e. The Hall–Kier alpha value is -3.58. The number of ether oxygens (including phenoxy) is 1. The lowest BCUT2D eigenvalue weighted by Crippen LogP contribution is -2.24. The van der Waals surface area contributed by atoms with E-state index >= 15 is 0 Å². The van der Waals surface area contributed by atoms with Crippen LogP contribution in [0.5, 0.6) is 0 Å². The molecule has 4 heteroatoms. The van der Waals surface area contributed by atoms with Crippen molar-refractivity contribution in [2.75, 3.05) is 6.54 Å². The zero-order chi connectivity index (χ0) is 18.7. The number of carbonyl (C=O) groups is 1. The van der Waals surface area contributed by atoms with Gasteiger partial charge in [-0.15, -0.1) is 0 Å². The van der Waals surface area contributed by atoms with E-state index < -0.39 is 6.09 Å². The zero-order valence-corrected chi connectivity index (χ0v) is 14.9. The summed E-state index contributed by atoms with van der Waals surface area (Å²) in [7, 11) is 0. The second kappa shape index (κ2) is 9.79. The summed E-state index contributed by atoms with van der Waals surface area (Å²) in [5.41, 5.74) is 3.89. The maximum Gasteiger partial charge on any atom is 0.407 e. The van der Waals surface area contributed by atoms with E-state index in [1.54, 1.807) is 6.20 Å². The Labute approximate surface area is 159 Å². The van der Waals surface area contributed by atoms with E-state index in [9.17, 15) is 4.79 Å². The van der Waals surface area contributed by atoms with Crippen molar-refractivity contribution >= 4 is 6.09 Å². The van der Waals surface area contributed by atoms with Gasteiger partial charge in [0.1, 0.15) is 6.61 Å². The second-order valence-corrected chi connectivity index (χ2v) is 5.83. The van der Waals surface area contributed by atoms with E-state index in [4.69, 9.17) is 4.74 Å². The molecule has 4 nitrogen and oxygen atoms in total. The second-order valence-electron chi connectivity index (χ2n) is 5.83. The summed E-state index contributed by atoms with van der Waals surface area (Å²) in [5.74, 6) is 6.15. The highest BCUT2D eigenvalue weighted by Gasteiger charge is 2.01. The van der Waals surface area contributed by atoms with E-state index in [1.807, 2.05) is 72.8 Å². The lowest BCUT2D eigenvalue weighted by atomic mass is 10.1. The van der Waals surface area contributed by atoms with Crippen molar-refractivity contribution in [3.8, 4) is 23.1 Å². The summed E-state index contributed by atoms with van der Waals surface area (Å²) in [6.07, 6.45) is 1.91. The average Bonchev–Trinajstić information content (AvgIpc) is 2.74. The van der Waals surface area contributed by atoms with E-state index in [1.165, 1.54) is 0 Å². The number of hydrogen-bond donors (Lipinski definition) is 1. The van der Waals surface area contributed by atoms with Crippen molar-refractivity contribution in [2.45, 2.75) is 13.0 Å². The molecular weight excluding hydrogens is 336 g/mol. The Morgan fingerprint density at radius 2 is 1.74 bits per heavy atom. The fourth-order valence-corrected chi connectivity index (χ4v) is 2.42. The van der Waals surface area contributed by atoms with E-state index in [0.29, 0.717) is 13.0 Å². The summed E-state index contributed by atoms with van der Waals surface area (Å²) in [4.78, 5) is 16.0. The molecule has 2 aromatic carbocycles. The first kappa shape index (κ1) is 18.2. The van der Waals surface area contributed by atoms with Gasteiger partial charge in [0.15, 0.2) is 0 Å². The number of carbonyl (C=O) groups excluding carboxylic acids is 1. The molecule has 0 atom stereocenters. The van der Waals surface area contributed by atoms with Crippen LogP contribution in [0.25, 0.3) is 11.3 Å². The van der Waals surface area contributed by atoms with Crippen LogP contribution >= 0.6 is 0 Å². The molecule has 27 heavy (non-hydrogen) atoms. The molecule has 0 saturated carbocycles. The molecule has 0 aliphatic carbocycles. The molecule has 1 heterocycles. The quantitative estimate of drug-likeness (QED) is 0.544. The number of nitrogens with one attached hydrogen (secondary N) is 1. The van der Waals surface area contributed by atoms with Crippen LogP contribution < -0.4 is 5.32 Å². The fraction of sp³-hybridized carbons (Fsp3) is 0.130. The van der Waals surface area contributed by atoms with Crippen LogP contribution in [0.4, 0.5) is 4.79 Å². The maximum absolute atomic E-state index is 11.6. The van der Waals surface area contributed by atoms with Gasteiger partial charge in [0.25, 0.3) is 0 Å². The average molecular weight is 356 g/mol. The number of aromatic nitrogens is 1. The van der Waals surface area contributed by atoms with Gasteiger partial charge in [-0.25, -0.2) is 4.79 Å². The molecule has 0 aliphatic rings. The number of nitrogens with zero attached hydrogens (tertiary/aromatic N) is 1. The van der Waals surface area contributed by atoms with Gasteiger partial charge in [-0.1, -0.05) is 60.4 Å².